The van der Waals surface area contributed by atoms with Gasteiger partial charge >= 0.3 is 0 Å². The molecular weight excluding hydrogens is 402 g/mol. The fourth-order valence-electron chi connectivity index (χ4n) is 4.67. The number of carbonyl (C=O) groups is 2. The summed E-state index contributed by atoms with van der Waals surface area (Å²) < 4.78 is 1.73. The van der Waals surface area contributed by atoms with Gasteiger partial charge in [0.15, 0.2) is 0 Å². The third-order valence-electron chi connectivity index (χ3n) is 6.70. The van der Waals surface area contributed by atoms with Crippen molar-refractivity contribution in [3.63, 3.8) is 0 Å². The number of amides is 2. The van der Waals surface area contributed by atoms with Crippen LogP contribution < -0.4 is 5.32 Å². The van der Waals surface area contributed by atoms with Crippen LogP contribution in [0.25, 0.3) is 5.69 Å². The van der Waals surface area contributed by atoms with Crippen molar-refractivity contribution >= 4 is 17.5 Å². The summed E-state index contributed by atoms with van der Waals surface area (Å²) in [7, 11) is 0. The quantitative estimate of drug-likeness (QED) is 0.771. The van der Waals surface area contributed by atoms with Crippen LogP contribution in [0.2, 0.25) is 0 Å². The van der Waals surface area contributed by atoms with Crippen LogP contribution in [0.4, 0.5) is 5.69 Å². The number of aryl methyl sites for hydroxylation is 1. The highest BCUT2D eigenvalue weighted by atomic mass is 16.2. The summed E-state index contributed by atoms with van der Waals surface area (Å²) in [6.45, 7) is 9.65. The lowest BCUT2D eigenvalue weighted by molar-refractivity contribution is -0.118. The summed E-state index contributed by atoms with van der Waals surface area (Å²) in [6, 6.07) is 8.21. The van der Waals surface area contributed by atoms with Crippen LogP contribution >= 0.6 is 0 Å². The largest absolute Gasteiger partial charge is 0.339 e. The van der Waals surface area contributed by atoms with Crippen molar-refractivity contribution in [1.29, 1.82) is 0 Å². The fourth-order valence-corrected chi connectivity index (χ4v) is 4.67. The SMILES string of the molecule is Cc1nn(-c2cccc(C(=O)N3CCC(N4CCCCC4)CC3)c2)cc1NC(=O)C(C)C. The van der Waals surface area contributed by atoms with Crippen LogP contribution in [0.5, 0.6) is 0 Å². The number of hydrogen-bond acceptors (Lipinski definition) is 4. The highest BCUT2D eigenvalue weighted by Gasteiger charge is 2.28. The maximum Gasteiger partial charge on any atom is 0.253 e. The molecule has 32 heavy (non-hydrogen) atoms. The van der Waals surface area contributed by atoms with Gasteiger partial charge in [-0.05, 0) is 63.9 Å². The van der Waals surface area contributed by atoms with Crippen molar-refractivity contribution in [2.45, 2.75) is 58.9 Å². The Labute approximate surface area is 190 Å². The zero-order chi connectivity index (χ0) is 22.7. The molecule has 2 aromatic rings. The lowest BCUT2D eigenvalue weighted by Crippen LogP contribution is -2.48. The molecule has 172 valence electrons. The summed E-state index contributed by atoms with van der Waals surface area (Å²) >= 11 is 0. The fraction of sp³-hybridized carbons (Fsp3) is 0.560. The first-order chi connectivity index (χ1) is 15.4. The first-order valence-electron chi connectivity index (χ1n) is 11.9. The molecular formula is C25H35N5O2. The summed E-state index contributed by atoms with van der Waals surface area (Å²) in [5, 5.41) is 7.46. The van der Waals surface area contributed by atoms with Gasteiger partial charge in [0.25, 0.3) is 5.91 Å². The van der Waals surface area contributed by atoms with Gasteiger partial charge in [-0.1, -0.05) is 26.3 Å². The Morgan fingerprint density at radius 1 is 1.06 bits per heavy atom. The smallest absolute Gasteiger partial charge is 0.253 e. The number of hydrogen-bond donors (Lipinski definition) is 1. The number of carbonyl (C=O) groups excluding carboxylic acids is 2. The van der Waals surface area contributed by atoms with E-state index in [1.165, 1.54) is 32.4 Å². The number of anilines is 1. The van der Waals surface area contributed by atoms with Crippen molar-refractivity contribution < 1.29 is 9.59 Å². The monoisotopic (exact) mass is 437 g/mol. The zero-order valence-electron chi connectivity index (χ0n) is 19.5. The summed E-state index contributed by atoms with van der Waals surface area (Å²) in [5.74, 6) is -0.0524. The van der Waals surface area contributed by atoms with Crippen molar-refractivity contribution in [1.82, 2.24) is 19.6 Å². The molecule has 1 aromatic heterocycles. The van der Waals surface area contributed by atoms with Gasteiger partial charge in [-0.3, -0.25) is 9.59 Å². The molecule has 0 radical (unpaired) electrons. The summed E-state index contributed by atoms with van der Waals surface area (Å²) in [6.07, 6.45) is 7.89. The average Bonchev–Trinajstić information content (AvgIpc) is 3.19. The van der Waals surface area contributed by atoms with Crippen molar-refractivity contribution in [3.05, 3.63) is 41.7 Å². The van der Waals surface area contributed by atoms with E-state index in [2.05, 4.69) is 15.3 Å². The minimum atomic E-state index is -0.0993. The molecule has 2 amide bonds. The lowest BCUT2D eigenvalue weighted by atomic mass is 9.99. The lowest BCUT2D eigenvalue weighted by Gasteiger charge is -2.40. The molecule has 7 nitrogen and oxygen atoms in total. The van der Waals surface area contributed by atoms with E-state index < -0.39 is 0 Å². The Hall–Kier alpha value is -2.67. The second-order valence-electron chi connectivity index (χ2n) is 9.39. The predicted octanol–water partition coefficient (Wildman–Crippen LogP) is 3.87. The number of benzene rings is 1. The second kappa shape index (κ2) is 9.86. The number of nitrogens with one attached hydrogen (secondary N) is 1. The molecule has 0 aliphatic carbocycles. The highest BCUT2D eigenvalue weighted by Crippen LogP contribution is 2.23. The third kappa shape index (κ3) is 5.04. The zero-order valence-corrected chi connectivity index (χ0v) is 19.5. The Balaban J connectivity index is 1.42. The maximum absolute atomic E-state index is 13.2. The van der Waals surface area contributed by atoms with Crippen molar-refractivity contribution in [3.8, 4) is 5.69 Å². The normalized spacial score (nSPS) is 18.2. The maximum atomic E-state index is 13.2. The van der Waals surface area contributed by atoms with E-state index in [1.807, 2.05) is 56.1 Å². The Morgan fingerprint density at radius 2 is 1.78 bits per heavy atom. The van der Waals surface area contributed by atoms with Gasteiger partial charge in [0, 0.05) is 30.6 Å². The molecule has 2 fully saturated rings. The molecule has 0 atom stereocenters. The average molecular weight is 438 g/mol. The van der Waals surface area contributed by atoms with Gasteiger partial charge in [-0.25, -0.2) is 4.68 Å². The van der Waals surface area contributed by atoms with Gasteiger partial charge in [-0.2, -0.15) is 5.10 Å². The van der Waals surface area contributed by atoms with E-state index >= 15 is 0 Å². The van der Waals surface area contributed by atoms with E-state index in [-0.39, 0.29) is 17.7 Å². The molecule has 7 heteroatoms. The topological polar surface area (TPSA) is 70.5 Å². The highest BCUT2D eigenvalue weighted by molar-refractivity contribution is 5.95. The Morgan fingerprint density at radius 3 is 2.47 bits per heavy atom. The molecule has 2 aliphatic rings. The molecule has 0 spiro atoms. The van der Waals surface area contributed by atoms with E-state index in [0.717, 1.165) is 37.3 Å². The molecule has 3 heterocycles. The van der Waals surface area contributed by atoms with Crippen LogP contribution in [0, 0.1) is 12.8 Å². The molecule has 1 N–H and O–H groups in total. The van der Waals surface area contributed by atoms with Gasteiger partial charge in [0.05, 0.1) is 23.3 Å². The van der Waals surface area contributed by atoms with Gasteiger partial charge in [-0.15, -0.1) is 0 Å². The number of aromatic nitrogens is 2. The summed E-state index contributed by atoms with van der Waals surface area (Å²) in [5.41, 5.74) is 2.93. The van der Waals surface area contributed by atoms with Gasteiger partial charge < -0.3 is 15.1 Å². The van der Waals surface area contributed by atoms with Crippen LogP contribution in [0.15, 0.2) is 30.5 Å². The van der Waals surface area contributed by atoms with Crippen molar-refractivity contribution in [2.75, 3.05) is 31.5 Å². The van der Waals surface area contributed by atoms with E-state index in [9.17, 15) is 9.59 Å². The molecule has 4 rings (SSSR count). The minimum absolute atomic E-state index is 0.0375. The molecule has 1 aromatic carbocycles. The van der Waals surface area contributed by atoms with Crippen molar-refractivity contribution in [2.24, 2.45) is 5.92 Å². The van der Waals surface area contributed by atoms with Crippen LogP contribution in [0.3, 0.4) is 0 Å². The third-order valence-corrected chi connectivity index (χ3v) is 6.70. The molecule has 0 unspecified atom stereocenters. The number of rotatable bonds is 5. The Bertz CT molecular complexity index is 953. The number of likely N-dealkylation sites (tertiary alicyclic amines) is 2. The van der Waals surface area contributed by atoms with E-state index in [4.69, 9.17) is 0 Å². The molecule has 0 saturated carbocycles. The van der Waals surface area contributed by atoms with Crippen LogP contribution in [-0.2, 0) is 4.79 Å². The van der Waals surface area contributed by atoms with E-state index in [0.29, 0.717) is 17.3 Å². The Kier molecular flexibility index (Phi) is 6.94. The molecule has 0 bridgehead atoms. The predicted molar refractivity (Wildman–Crippen MR) is 126 cm³/mol. The molecule has 2 aliphatic heterocycles. The van der Waals surface area contributed by atoms with Gasteiger partial charge in [0.2, 0.25) is 5.91 Å². The van der Waals surface area contributed by atoms with E-state index in [1.54, 1.807) is 4.68 Å². The number of nitrogens with zero attached hydrogens (tertiary/aromatic N) is 4. The first-order valence-corrected chi connectivity index (χ1v) is 11.9. The van der Waals surface area contributed by atoms with Crippen LogP contribution in [-0.4, -0.2) is 63.6 Å². The van der Waals surface area contributed by atoms with Gasteiger partial charge in [0.1, 0.15) is 0 Å². The second-order valence-corrected chi connectivity index (χ2v) is 9.39. The summed E-state index contributed by atoms with van der Waals surface area (Å²) in [4.78, 5) is 29.9. The minimum Gasteiger partial charge on any atom is -0.339 e. The first kappa shape index (κ1) is 22.5. The van der Waals surface area contributed by atoms with Crippen LogP contribution in [0.1, 0.15) is 62.0 Å². The number of piperidine rings is 2. The standard InChI is InChI=1S/C25H35N5O2/c1-18(2)24(31)26-23-17-30(27-19(23)3)22-9-7-8-20(16-22)25(32)29-14-10-21(11-15-29)28-12-5-4-6-13-28/h7-9,16-18,21H,4-6,10-15H2,1-3H3,(H,26,31). The molecule has 2 saturated heterocycles.